The quantitative estimate of drug-likeness (QED) is 0.878. The van der Waals surface area contributed by atoms with Gasteiger partial charge in [-0.15, -0.1) is 12.4 Å². The third-order valence-electron chi connectivity index (χ3n) is 4.34. The maximum atomic E-state index is 12.7. The molecule has 2 fully saturated rings. The van der Waals surface area contributed by atoms with Gasteiger partial charge in [0.15, 0.2) is 0 Å². The lowest BCUT2D eigenvalue weighted by molar-refractivity contribution is -0.136. The van der Waals surface area contributed by atoms with Crippen molar-refractivity contribution in [1.29, 1.82) is 0 Å². The van der Waals surface area contributed by atoms with Crippen molar-refractivity contribution in [2.24, 2.45) is 11.7 Å². The summed E-state index contributed by atoms with van der Waals surface area (Å²) < 4.78 is 1.07. The number of nitrogens with two attached hydrogens (primary N) is 1. The Kier molecular flexibility index (Phi) is 5.69. The van der Waals surface area contributed by atoms with Crippen LogP contribution >= 0.6 is 28.3 Å². The Labute approximate surface area is 140 Å². The highest BCUT2D eigenvalue weighted by molar-refractivity contribution is 9.10. The van der Waals surface area contributed by atoms with Crippen LogP contribution in [0.25, 0.3) is 0 Å². The van der Waals surface area contributed by atoms with Crippen LogP contribution in [-0.4, -0.2) is 22.9 Å². The number of hydrogen-bond acceptors (Lipinski definition) is 2. The van der Waals surface area contributed by atoms with Gasteiger partial charge in [-0.05, 0) is 49.8 Å². The third-order valence-corrected chi connectivity index (χ3v) is 4.83. The Morgan fingerprint density at radius 2 is 2.05 bits per heavy atom. The first-order valence-electron chi connectivity index (χ1n) is 7.44. The molecule has 1 aromatic carbocycles. The summed E-state index contributed by atoms with van der Waals surface area (Å²) in [6, 6.07) is 8.91. The Morgan fingerprint density at radius 1 is 1.29 bits per heavy atom. The predicted molar refractivity (Wildman–Crippen MR) is 90.3 cm³/mol. The summed E-state index contributed by atoms with van der Waals surface area (Å²) in [5.74, 6) is 0.471. The van der Waals surface area contributed by atoms with E-state index in [2.05, 4.69) is 33.0 Å². The van der Waals surface area contributed by atoms with Crippen LogP contribution in [0.5, 0.6) is 0 Å². The summed E-state index contributed by atoms with van der Waals surface area (Å²) in [5.41, 5.74) is 7.15. The fourth-order valence-electron chi connectivity index (χ4n) is 3.08. The molecule has 0 aromatic heterocycles. The van der Waals surface area contributed by atoms with E-state index in [0.717, 1.165) is 43.1 Å². The summed E-state index contributed by atoms with van der Waals surface area (Å²) in [6.07, 6.45) is 5.12. The molecule has 2 atom stereocenters. The molecule has 2 N–H and O–H groups in total. The van der Waals surface area contributed by atoms with E-state index in [-0.39, 0.29) is 24.4 Å². The van der Waals surface area contributed by atoms with Crippen molar-refractivity contribution in [3.63, 3.8) is 0 Å². The first-order valence-corrected chi connectivity index (χ1v) is 8.23. The molecule has 2 aliphatic carbocycles. The SMILES string of the molecule is Cl.NC1CCC(C(=O)N(Cc2cccc(Br)c2)C2CC2)C1. The first-order chi connectivity index (χ1) is 9.63. The van der Waals surface area contributed by atoms with Crippen molar-refractivity contribution in [3.05, 3.63) is 34.3 Å². The largest absolute Gasteiger partial charge is 0.335 e. The highest BCUT2D eigenvalue weighted by Crippen LogP contribution is 2.33. The number of benzene rings is 1. The molecule has 0 saturated heterocycles. The molecule has 0 bridgehead atoms. The molecule has 0 radical (unpaired) electrons. The molecule has 1 aromatic rings. The second-order valence-electron chi connectivity index (χ2n) is 6.10. The summed E-state index contributed by atoms with van der Waals surface area (Å²) in [6.45, 7) is 0.731. The highest BCUT2D eigenvalue weighted by atomic mass is 79.9. The van der Waals surface area contributed by atoms with E-state index in [0.29, 0.717) is 11.9 Å². The maximum absolute atomic E-state index is 12.7. The van der Waals surface area contributed by atoms with Crippen LogP contribution < -0.4 is 5.73 Å². The van der Waals surface area contributed by atoms with E-state index in [1.54, 1.807) is 0 Å². The minimum atomic E-state index is 0. The molecule has 116 valence electrons. The van der Waals surface area contributed by atoms with Crippen LogP contribution in [0.15, 0.2) is 28.7 Å². The number of amides is 1. The number of carbonyl (C=O) groups is 1. The maximum Gasteiger partial charge on any atom is 0.226 e. The second-order valence-corrected chi connectivity index (χ2v) is 7.01. The molecule has 2 saturated carbocycles. The first kappa shape index (κ1) is 16.8. The number of rotatable bonds is 4. The summed E-state index contributed by atoms with van der Waals surface area (Å²) >= 11 is 3.50. The van der Waals surface area contributed by atoms with E-state index in [1.807, 2.05) is 12.1 Å². The van der Waals surface area contributed by atoms with Gasteiger partial charge in [-0.2, -0.15) is 0 Å². The van der Waals surface area contributed by atoms with Crippen molar-refractivity contribution >= 4 is 34.2 Å². The average molecular weight is 374 g/mol. The topological polar surface area (TPSA) is 46.3 Å². The van der Waals surface area contributed by atoms with E-state index >= 15 is 0 Å². The summed E-state index contributed by atoms with van der Waals surface area (Å²) in [4.78, 5) is 14.8. The van der Waals surface area contributed by atoms with Gasteiger partial charge in [0.2, 0.25) is 5.91 Å². The molecule has 2 unspecified atom stereocenters. The number of carbonyl (C=O) groups excluding carboxylic acids is 1. The van der Waals surface area contributed by atoms with Crippen LogP contribution in [-0.2, 0) is 11.3 Å². The minimum Gasteiger partial charge on any atom is -0.335 e. The zero-order chi connectivity index (χ0) is 14.1. The van der Waals surface area contributed by atoms with Crippen molar-refractivity contribution in [1.82, 2.24) is 4.90 Å². The lowest BCUT2D eigenvalue weighted by Crippen LogP contribution is -2.37. The number of halogens is 2. The van der Waals surface area contributed by atoms with Gasteiger partial charge in [0, 0.05) is 29.0 Å². The Hall–Kier alpha value is -0.580. The van der Waals surface area contributed by atoms with E-state index in [4.69, 9.17) is 5.73 Å². The summed E-state index contributed by atoms with van der Waals surface area (Å²) in [5, 5.41) is 0. The van der Waals surface area contributed by atoms with Crippen LogP contribution in [0.3, 0.4) is 0 Å². The molecule has 0 aliphatic heterocycles. The van der Waals surface area contributed by atoms with Gasteiger partial charge in [0.1, 0.15) is 0 Å². The van der Waals surface area contributed by atoms with Gasteiger partial charge in [0.05, 0.1) is 0 Å². The fourth-order valence-corrected chi connectivity index (χ4v) is 3.53. The van der Waals surface area contributed by atoms with Crippen molar-refractivity contribution < 1.29 is 4.79 Å². The van der Waals surface area contributed by atoms with Gasteiger partial charge in [0.25, 0.3) is 0 Å². The molecule has 21 heavy (non-hydrogen) atoms. The van der Waals surface area contributed by atoms with Gasteiger partial charge in [-0.25, -0.2) is 0 Å². The number of nitrogens with zero attached hydrogens (tertiary/aromatic N) is 1. The van der Waals surface area contributed by atoms with Crippen molar-refractivity contribution in [2.45, 2.75) is 50.7 Å². The molecule has 2 aliphatic rings. The van der Waals surface area contributed by atoms with E-state index < -0.39 is 0 Å². The highest BCUT2D eigenvalue weighted by Gasteiger charge is 2.38. The smallest absolute Gasteiger partial charge is 0.226 e. The molecular weight excluding hydrogens is 352 g/mol. The lowest BCUT2D eigenvalue weighted by atomic mass is 10.1. The molecule has 1 amide bonds. The molecule has 5 heteroatoms. The zero-order valence-corrected chi connectivity index (χ0v) is 14.4. The molecule has 0 heterocycles. The number of hydrogen-bond donors (Lipinski definition) is 1. The van der Waals surface area contributed by atoms with Gasteiger partial charge >= 0.3 is 0 Å². The monoisotopic (exact) mass is 372 g/mol. The Bertz CT molecular complexity index is 507. The Balaban J connectivity index is 0.00000161. The minimum absolute atomic E-state index is 0. The molecular formula is C16H22BrClN2O. The van der Waals surface area contributed by atoms with Crippen molar-refractivity contribution in [2.75, 3.05) is 0 Å². The Morgan fingerprint density at radius 3 is 2.62 bits per heavy atom. The van der Waals surface area contributed by atoms with Crippen LogP contribution in [0.4, 0.5) is 0 Å². The van der Waals surface area contributed by atoms with Crippen LogP contribution in [0.2, 0.25) is 0 Å². The van der Waals surface area contributed by atoms with Crippen LogP contribution in [0.1, 0.15) is 37.7 Å². The predicted octanol–water partition coefficient (Wildman–Crippen LogP) is 3.49. The molecule has 3 rings (SSSR count). The standard InChI is InChI=1S/C16H21BrN2O.ClH/c17-13-3-1-2-11(8-13)10-19(15-6-7-15)16(20)12-4-5-14(18)9-12;/h1-3,8,12,14-15H,4-7,9-10,18H2;1H. The van der Waals surface area contributed by atoms with Gasteiger partial charge < -0.3 is 10.6 Å². The molecule has 0 spiro atoms. The average Bonchev–Trinajstić information content (AvgIpc) is 3.17. The van der Waals surface area contributed by atoms with Gasteiger partial charge in [-0.3, -0.25) is 4.79 Å². The van der Waals surface area contributed by atoms with E-state index in [1.165, 1.54) is 5.56 Å². The summed E-state index contributed by atoms with van der Waals surface area (Å²) in [7, 11) is 0. The van der Waals surface area contributed by atoms with Crippen LogP contribution in [0, 0.1) is 5.92 Å². The third kappa shape index (κ3) is 4.21. The zero-order valence-electron chi connectivity index (χ0n) is 12.0. The lowest BCUT2D eigenvalue weighted by Gasteiger charge is -2.26. The van der Waals surface area contributed by atoms with E-state index in [9.17, 15) is 4.79 Å². The van der Waals surface area contributed by atoms with Crippen molar-refractivity contribution in [3.8, 4) is 0 Å². The normalized spacial score (nSPS) is 24.5. The fraction of sp³-hybridized carbons (Fsp3) is 0.562. The second kappa shape index (κ2) is 7.12. The molecule has 3 nitrogen and oxygen atoms in total. The van der Waals surface area contributed by atoms with Gasteiger partial charge in [-0.1, -0.05) is 28.1 Å².